The Hall–Kier alpha value is -1.72. The molecule has 0 atom stereocenters. The first-order valence-corrected chi connectivity index (χ1v) is 10.3. The second-order valence-corrected chi connectivity index (χ2v) is 7.92. The molecule has 0 aromatic heterocycles. The van der Waals surface area contributed by atoms with Gasteiger partial charge in [0, 0.05) is 23.1 Å². The Morgan fingerprint density at radius 2 is 1.75 bits per heavy atom. The summed E-state index contributed by atoms with van der Waals surface area (Å²) in [5, 5.41) is 4.85. The number of benzene rings is 3. The van der Waals surface area contributed by atoms with Crippen LogP contribution in [0.4, 0.5) is 0 Å². The van der Waals surface area contributed by atoms with Crippen molar-refractivity contribution in [2.75, 3.05) is 7.11 Å². The van der Waals surface area contributed by atoms with E-state index in [2.05, 4.69) is 21.2 Å². The van der Waals surface area contributed by atoms with Crippen molar-refractivity contribution >= 4 is 39.1 Å². The van der Waals surface area contributed by atoms with Gasteiger partial charge in [0.2, 0.25) is 0 Å². The summed E-state index contributed by atoms with van der Waals surface area (Å²) >= 11 is 15.8. The maximum Gasteiger partial charge on any atom is 0.175 e. The zero-order valence-corrected chi connectivity index (χ0v) is 18.4. The van der Waals surface area contributed by atoms with E-state index in [4.69, 9.17) is 32.7 Å². The van der Waals surface area contributed by atoms with Crippen LogP contribution in [0, 0.1) is 0 Å². The van der Waals surface area contributed by atoms with Crippen molar-refractivity contribution < 1.29 is 9.47 Å². The molecule has 0 saturated carbocycles. The highest BCUT2D eigenvalue weighted by molar-refractivity contribution is 9.10. The minimum absolute atomic E-state index is 0.402. The molecule has 3 nitrogen and oxygen atoms in total. The second-order valence-electron chi connectivity index (χ2n) is 6.22. The van der Waals surface area contributed by atoms with E-state index in [9.17, 15) is 0 Å². The highest BCUT2D eigenvalue weighted by Crippen LogP contribution is 2.37. The molecular weight excluding hydrogens is 461 g/mol. The van der Waals surface area contributed by atoms with Gasteiger partial charge >= 0.3 is 0 Å². The van der Waals surface area contributed by atoms with Gasteiger partial charge in [-0.1, -0.05) is 53.5 Å². The fraction of sp³-hybridized carbons (Fsp3) is 0.182. The third kappa shape index (κ3) is 5.65. The van der Waals surface area contributed by atoms with Crippen LogP contribution < -0.4 is 14.8 Å². The second kappa shape index (κ2) is 10.2. The summed E-state index contributed by atoms with van der Waals surface area (Å²) in [6.07, 6.45) is 0. The average Bonchev–Trinajstić information content (AvgIpc) is 2.68. The zero-order chi connectivity index (χ0) is 19.9. The smallest absolute Gasteiger partial charge is 0.175 e. The highest BCUT2D eigenvalue weighted by atomic mass is 79.9. The van der Waals surface area contributed by atoms with Gasteiger partial charge < -0.3 is 14.8 Å². The summed E-state index contributed by atoms with van der Waals surface area (Å²) in [4.78, 5) is 0. The summed E-state index contributed by atoms with van der Waals surface area (Å²) in [5.74, 6) is 1.34. The molecule has 0 radical (unpaired) electrons. The topological polar surface area (TPSA) is 30.5 Å². The number of ether oxygens (including phenoxy) is 2. The standard InChI is InChI=1S/C22H20BrCl2NO2/c1-27-21-11-16(12-26-13-17-6-2-3-8-20(17)25)10-19(23)22(21)28-14-15-5-4-7-18(24)9-15/h2-11,26H,12-14H2,1H3. The Balaban J connectivity index is 1.66. The summed E-state index contributed by atoms with van der Waals surface area (Å²) < 4.78 is 12.3. The summed E-state index contributed by atoms with van der Waals surface area (Å²) in [6, 6.07) is 19.4. The van der Waals surface area contributed by atoms with E-state index in [1.807, 2.05) is 60.7 Å². The number of nitrogens with one attached hydrogen (secondary N) is 1. The maximum absolute atomic E-state index is 6.20. The van der Waals surface area contributed by atoms with E-state index in [-0.39, 0.29) is 0 Å². The highest BCUT2D eigenvalue weighted by Gasteiger charge is 2.12. The van der Waals surface area contributed by atoms with E-state index < -0.39 is 0 Å². The van der Waals surface area contributed by atoms with Crippen molar-refractivity contribution in [1.29, 1.82) is 0 Å². The van der Waals surface area contributed by atoms with Gasteiger partial charge in [0.05, 0.1) is 11.6 Å². The quantitative estimate of drug-likeness (QED) is 0.392. The SMILES string of the molecule is COc1cc(CNCc2ccccc2Cl)cc(Br)c1OCc1cccc(Cl)c1. The van der Waals surface area contributed by atoms with Crippen LogP contribution in [0.5, 0.6) is 11.5 Å². The summed E-state index contributed by atoms with van der Waals surface area (Å²) in [6.45, 7) is 1.76. The molecule has 3 rings (SSSR count). The minimum atomic E-state index is 0.402. The number of hydrogen-bond acceptors (Lipinski definition) is 3. The predicted octanol–water partition coefficient (Wildman–Crippen LogP) is 6.63. The van der Waals surface area contributed by atoms with Crippen LogP contribution in [0.1, 0.15) is 16.7 Å². The molecule has 3 aromatic carbocycles. The molecule has 28 heavy (non-hydrogen) atoms. The number of halogens is 3. The predicted molar refractivity (Wildman–Crippen MR) is 118 cm³/mol. The van der Waals surface area contributed by atoms with Crippen LogP contribution in [0.15, 0.2) is 65.1 Å². The summed E-state index contributed by atoms with van der Waals surface area (Å²) in [7, 11) is 1.63. The lowest BCUT2D eigenvalue weighted by atomic mass is 10.1. The van der Waals surface area contributed by atoms with Crippen LogP contribution in [0.3, 0.4) is 0 Å². The van der Waals surface area contributed by atoms with Crippen molar-refractivity contribution in [3.63, 3.8) is 0 Å². The molecule has 0 heterocycles. The molecule has 0 fully saturated rings. The molecule has 0 aliphatic heterocycles. The normalized spacial score (nSPS) is 10.7. The Kier molecular flexibility index (Phi) is 7.63. The van der Waals surface area contributed by atoms with Crippen molar-refractivity contribution in [3.05, 3.63) is 91.9 Å². The fourth-order valence-electron chi connectivity index (χ4n) is 2.78. The zero-order valence-electron chi connectivity index (χ0n) is 15.3. The Labute approximate surface area is 183 Å². The van der Waals surface area contributed by atoms with E-state index in [0.29, 0.717) is 36.2 Å². The monoisotopic (exact) mass is 479 g/mol. The van der Waals surface area contributed by atoms with Crippen molar-refractivity contribution in [3.8, 4) is 11.5 Å². The van der Waals surface area contributed by atoms with Gasteiger partial charge in [-0.2, -0.15) is 0 Å². The molecule has 0 aliphatic rings. The van der Waals surface area contributed by atoms with E-state index in [1.165, 1.54) is 0 Å². The first-order valence-electron chi connectivity index (χ1n) is 8.74. The molecule has 0 aliphatic carbocycles. The Morgan fingerprint density at radius 3 is 2.50 bits per heavy atom. The van der Waals surface area contributed by atoms with Crippen LogP contribution >= 0.6 is 39.1 Å². The van der Waals surface area contributed by atoms with Gasteiger partial charge in [0.1, 0.15) is 6.61 Å². The molecule has 0 saturated heterocycles. The third-order valence-electron chi connectivity index (χ3n) is 4.16. The van der Waals surface area contributed by atoms with Crippen molar-refractivity contribution in [2.45, 2.75) is 19.7 Å². The third-order valence-corrected chi connectivity index (χ3v) is 5.36. The lowest BCUT2D eigenvalue weighted by Gasteiger charge is -2.15. The van der Waals surface area contributed by atoms with Crippen molar-refractivity contribution in [2.24, 2.45) is 0 Å². The Bertz CT molecular complexity index is 950. The van der Waals surface area contributed by atoms with Gasteiger partial charge in [-0.25, -0.2) is 0 Å². The maximum atomic E-state index is 6.20. The van der Waals surface area contributed by atoms with E-state index >= 15 is 0 Å². The molecule has 1 N–H and O–H groups in total. The van der Waals surface area contributed by atoms with Gasteiger partial charge in [0.25, 0.3) is 0 Å². The lowest BCUT2D eigenvalue weighted by molar-refractivity contribution is 0.282. The number of rotatable bonds is 8. The fourth-order valence-corrected chi connectivity index (χ4v) is 3.80. The van der Waals surface area contributed by atoms with Gasteiger partial charge in [-0.3, -0.25) is 0 Å². The van der Waals surface area contributed by atoms with Crippen LogP contribution in [-0.4, -0.2) is 7.11 Å². The largest absolute Gasteiger partial charge is 0.493 e. The first kappa shape index (κ1) is 21.0. The van der Waals surface area contributed by atoms with Gasteiger partial charge in [-0.15, -0.1) is 0 Å². The van der Waals surface area contributed by atoms with Crippen LogP contribution in [0.25, 0.3) is 0 Å². The molecule has 146 valence electrons. The first-order chi connectivity index (χ1) is 13.6. The van der Waals surface area contributed by atoms with Gasteiger partial charge in [-0.05, 0) is 63.0 Å². The molecule has 0 amide bonds. The number of hydrogen-bond donors (Lipinski definition) is 1. The van der Waals surface area contributed by atoms with Crippen molar-refractivity contribution in [1.82, 2.24) is 5.32 Å². The minimum Gasteiger partial charge on any atom is -0.493 e. The van der Waals surface area contributed by atoms with Crippen LogP contribution in [0.2, 0.25) is 10.0 Å². The average molecular weight is 481 g/mol. The molecule has 0 bridgehead atoms. The number of methoxy groups -OCH3 is 1. The molecule has 0 spiro atoms. The Morgan fingerprint density at radius 1 is 0.929 bits per heavy atom. The molecular formula is C22H20BrCl2NO2. The van der Waals surface area contributed by atoms with E-state index in [1.54, 1.807) is 7.11 Å². The molecule has 3 aromatic rings. The lowest BCUT2D eigenvalue weighted by Crippen LogP contribution is -2.13. The van der Waals surface area contributed by atoms with E-state index in [0.717, 1.165) is 26.2 Å². The van der Waals surface area contributed by atoms with Crippen LogP contribution in [-0.2, 0) is 19.7 Å². The van der Waals surface area contributed by atoms with Gasteiger partial charge in [0.15, 0.2) is 11.5 Å². The molecule has 0 unspecified atom stereocenters. The summed E-state index contributed by atoms with van der Waals surface area (Å²) in [5.41, 5.74) is 3.13. The molecule has 6 heteroatoms.